The van der Waals surface area contributed by atoms with Gasteiger partial charge in [-0.1, -0.05) is 72.0 Å². The molecule has 0 unspecified atom stereocenters. The van der Waals surface area contributed by atoms with Crippen molar-refractivity contribution in [1.82, 2.24) is 4.57 Å². The van der Waals surface area contributed by atoms with Gasteiger partial charge in [0.25, 0.3) is 5.56 Å². The molecular weight excluding hydrogens is 503 g/mol. The highest BCUT2D eigenvalue weighted by Gasteiger charge is 2.33. The minimum absolute atomic E-state index is 0.0886. The normalized spacial score (nSPS) is 15.1. The van der Waals surface area contributed by atoms with Crippen LogP contribution in [0.15, 0.2) is 99.9 Å². The van der Waals surface area contributed by atoms with Crippen molar-refractivity contribution < 1.29 is 18.7 Å². The van der Waals surface area contributed by atoms with Gasteiger partial charge in [0.15, 0.2) is 4.80 Å². The van der Waals surface area contributed by atoms with Crippen molar-refractivity contribution in [1.29, 1.82) is 0 Å². The number of rotatable bonds is 7. The Bertz CT molecular complexity index is 1710. The van der Waals surface area contributed by atoms with Gasteiger partial charge < -0.3 is 9.47 Å². The number of hydrogen-bond acceptors (Lipinski definition) is 6. The molecule has 1 aromatic heterocycles. The van der Waals surface area contributed by atoms with Gasteiger partial charge in [0.05, 0.1) is 28.5 Å². The van der Waals surface area contributed by atoms with Crippen LogP contribution in [0.3, 0.4) is 0 Å². The lowest BCUT2D eigenvalue weighted by Gasteiger charge is -2.24. The van der Waals surface area contributed by atoms with E-state index >= 15 is 0 Å². The number of aromatic nitrogens is 1. The number of carbonyl (C=O) groups excluding carboxylic acids is 1. The molecule has 0 amide bonds. The van der Waals surface area contributed by atoms with Gasteiger partial charge in [0.2, 0.25) is 0 Å². The molecule has 1 aliphatic heterocycles. The third kappa shape index (κ3) is 5.08. The first-order valence-corrected chi connectivity index (χ1v) is 13.0. The number of fused-ring (bicyclic) bond motifs is 1. The second-order valence-electron chi connectivity index (χ2n) is 8.67. The van der Waals surface area contributed by atoms with Crippen LogP contribution in [0, 0.1) is 5.82 Å². The number of benzene rings is 3. The van der Waals surface area contributed by atoms with E-state index in [0.29, 0.717) is 31.9 Å². The smallest absolute Gasteiger partial charge is 0.338 e. The molecule has 0 fully saturated rings. The van der Waals surface area contributed by atoms with Crippen LogP contribution in [-0.2, 0) is 16.1 Å². The Morgan fingerprint density at radius 3 is 2.61 bits per heavy atom. The molecule has 4 aromatic rings. The lowest BCUT2D eigenvalue weighted by Crippen LogP contribution is -2.39. The van der Waals surface area contributed by atoms with E-state index in [1.807, 2.05) is 42.5 Å². The van der Waals surface area contributed by atoms with E-state index in [1.165, 1.54) is 17.4 Å². The van der Waals surface area contributed by atoms with Gasteiger partial charge in [-0.2, -0.15) is 0 Å². The number of carbonyl (C=O) groups is 1. The largest absolute Gasteiger partial charge is 0.489 e. The summed E-state index contributed by atoms with van der Waals surface area (Å²) in [6.45, 7) is 3.81. The SMILES string of the molecule is CCOC(=O)C1=C(C)N=c2s/c(=C\c3cccc(OCc4ccccc4F)c3)c(=O)n2[C@@H]1c1ccccc1. The summed E-state index contributed by atoms with van der Waals surface area (Å²) in [5, 5.41) is 0. The first-order valence-electron chi connectivity index (χ1n) is 12.2. The Kier molecular flexibility index (Phi) is 7.33. The number of ether oxygens (including phenoxy) is 2. The number of nitrogens with zero attached hydrogens (tertiary/aromatic N) is 2. The second-order valence-corrected chi connectivity index (χ2v) is 9.67. The van der Waals surface area contributed by atoms with Crippen molar-refractivity contribution in [2.75, 3.05) is 6.61 Å². The summed E-state index contributed by atoms with van der Waals surface area (Å²) in [6, 6.07) is 22.5. The van der Waals surface area contributed by atoms with Crippen LogP contribution < -0.4 is 19.6 Å². The fraction of sp³-hybridized carbons (Fsp3) is 0.167. The zero-order chi connectivity index (χ0) is 26.6. The minimum Gasteiger partial charge on any atom is -0.489 e. The lowest BCUT2D eigenvalue weighted by atomic mass is 9.96. The molecule has 0 spiro atoms. The zero-order valence-electron chi connectivity index (χ0n) is 20.9. The summed E-state index contributed by atoms with van der Waals surface area (Å²) in [5.41, 5.74) is 2.61. The van der Waals surface area contributed by atoms with Crippen LogP contribution in [0.4, 0.5) is 4.39 Å². The second kappa shape index (κ2) is 11.0. The predicted molar refractivity (Wildman–Crippen MR) is 144 cm³/mol. The highest BCUT2D eigenvalue weighted by atomic mass is 32.1. The van der Waals surface area contributed by atoms with E-state index in [0.717, 1.165) is 11.1 Å². The number of thiazole rings is 1. The molecule has 0 N–H and O–H groups in total. The monoisotopic (exact) mass is 528 g/mol. The maximum Gasteiger partial charge on any atom is 0.338 e. The van der Waals surface area contributed by atoms with Crippen molar-refractivity contribution in [3.05, 3.63) is 132 Å². The van der Waals surface area contributed by atoms with E-state index in [1.54, 1.807) is 54.8 Å². The van der Waals surface area contributed by atoms with Crippen LogP contribution in [-0.4, -0.2) is 17.1 Å². The summed E-state index contributed by atoms with van der Waals surface area (Å²) in [4.78, 5) is 31.7. The Hall–Kier alpha value is -4.30. The fourth-order valence-corrected chi connectivity index (χ4v) is 5.41. The van der Waals surface area contributed by atoms with Gasteiger partial charge in [0, 0.05) is 5.56 Å². The number of allylic oxidation sites excluding steroid dienone is 1. The molecule has 0 saturated heterocycles. The summed E-state index contributed by atoms with van der Waals surface area (Å²) in [6.07, 6.45) is 1.77. The van der Waals surface area contributed by atoms with Crippen LogP contribution in [0.2, 0.25) is 0 Å². The first-order chi connectivity index (χ1) is 18.5. The van der Waals surface area contributed by atoms with E-state index < -0.39 is 12.0 Å². The molecular formula is C30H25FN2O4S. The molecule has 0 saturated carbocycles. The van der Waals surface area contributed by atoms with Crippen molar-refractivity contribution in [3.63, 3.8) is 0 Å². The molecule has 2 heterocycles. The fourth-order valence-electron chi connectivity index (χ4n) is 4.36. The molecule has 0 bridgehead atoms. The maximum absolute atomic E-state index is 14.0. The van der Waals surface area contributed by atoms with E-state index in [2.05, 4.69) is 4.99 Å². The number of hydrogen-bond donors (Lipinski definition) is 0. The van der Waals surface area contributed by atoms with Crippen molar-refractivity contribution in [3.8, 4) is 5.75 Å². The Morgan fingerprint density at radius 2 is 1.84 bits per heavy atom. The standard InChI is InChI=1S/C30H25FN2O4S/c1-3-36-29(35)26-19(2)32-30-33(27(26)21-11-5-4-6-12-21)28(34)25(38-30)17-20-10-9-14-23(16-20)37-18-22-13-7-8-15-24(22)31/h4-17,27H,3,18H2,1-2H3/b25-17-/t27-/m1/s1. The molecule has 3 aromatic carbocycles. The first kappa shape index (κ1) is 25.4. The van der Waals surface area contributed by atoms with Gasteiger partial charge in [-0.15, -0.1) is 0 Å². The Morgan fingerprint density at radius 1 is 1.08 bits per heavy atom. The Balaban J connectivity index is 1.54. The molecule has 0 radical (unpaired) electrons. The van der Waals surface area contributed by atoms with Gasteiger partial charge in [-0.05, 0) is 49.2 Å². The summed E-state index contributed by atoms with van der Waals surface area (Å²) in [7, 11) is 0. The van der Waals surface area contributed by atoms with Crippen LogP contribution in [0.1, 0.15) is 36.6 Å². The highest BCUT2D eigenvalue weighted by Crippen LogP contribution is 2.30. The molecule has 1 atom stereocenters. The molecule has 0 aliphatic carbocycles. The summed E-state index contributed by atoms with van der Waals surface area (Å²) in [5.74, 6) is -0.260. The maximum atomic E-state index is 14.0. The van der Waals surface area contributed by atoms with Gasteiger partial charge in [-0.3, -0.25) is 9.36 Å². The zero-order valence-corrected chi connectivity index (χ0v) is 21.7. The summed E-state index contributed by atoms with van der Waals surface area (Å²) < 4.78 is 27.1. The van der Waals surface area contributed by atoms with Crippen LogP contribution >= 0.6 is 11.3 Å². The van der Waals surface area contributed by atoms with E-state index in [4.69, 9.17) is 9.47 Å². The van der Waals surface area contributed by atoms with Gasteiger partial charge in [0.1, 0.15) is 18.2 Å². The van der Waals surface area contributed by atoms with E-state index in [-0.39, 0.29) is 24.6 Å². The highest BCUT2D eigenvalue weighted by molar-refractivity contribution is 7.07. The molecule has 1 aliphatic rings. The van der Waals surface area contributed by atoms with Crippen molar-refractivity contribution in [2.45, 2.75) is 26.5 Å². The third-order valence-corrected chi connectivity index (χ3v) is 7.12. The van der Waals surface area contributed by atoms with Gasteiger partial charge in [-0.25, -0.2) is 14.2 Å². The van der Waals surface area contributed by atoms with Crippen LogP contribution in [0.25, 0.3) is 6.08 Å². The number of esters is 1. The van der Waals surface area contributed by atoms with Crippen molar-refractivity contribution >= 4 is 23.4 Å². The molecule has 8 heteroatoms. The Labute approximate surface area is 222 Å². The number of halogens is 1. The van der Waals surface area contributed by atoms with E-state index in [9.17, 15) is 14.0 Å². The molecule has 38 heavy (non-hydrogen) atoms. The lowest BCUT2D eigenvalue weighted by molar-refractivity contribution is -0.139. The average Bonchev–Trinajstić information content (AvgIpc) is 3.22. The topological polar surface area (TPSA) is 69.9 Å². The predicted octanol–water partition coefficient (Wildman–Crippen LogP) is 4.52. The summed E-state index contributed by atoms with van der Waals surface area (Å²) >= 11 is 1.26. The molecule has 6 nitrogen and oxygen atoms in total. The average molecular weight is 529 g/mol. The minimum atomic E-state index is -0.649. The quantitative estimate of drug-likeness (QED) is 0.331. The van der Waals surface area contributed by atoms with Crippen LogP contribution in [0.5, 0.6) is 5.75 Å². The van der Waals surface area contributed by atoms with Crippen molar-refractivity contribution in [2.24, 2.45) is 4.99 Å². The third-order valence-electron chi connectivity index (χ3n) is 6.14. The molecule has 192 valence electrons. The molecule has 5 rings (SSSR count). The van der Waals surface area contributed by atoms with Gasteiger partial charge >= 0.3 is 5.97 Å².